The van der Waals surface area contributed by atoms with Crippen molar-refractivity contribution in [2.24, 2.45) is 0 Å². The molecule has 3 unspecified atom stereocenters. The molecular weight excluding hydrogens is 345 g/mol. The molecule has 2 aromatic rings. The van der Waals surface area contributed by atoms with E-state index in [0.717, 1.165) is 18.4 Å². The lowest BCUT2D eigenvalue weighted by Crippen LogP contribution is -2.52. The van der Waals surface area contributed by atoms with Gasteiger partial charge in [-0.15, -0.1) is 0 Å². The van der Waals surface area contributed by atoms with Crippen molar-refractivity contribution >= 4 is 5.91 Å². The van der Waals surface area contributed by atoms with Crippen molar-refractivity contribution in [3.05, 3.63) is 59.9 Å². The predicted octanol–water partition coefficient (Wildman–Crippen LogP) is 3.64. The smallest absolute Gasteiger partial charge is 0.254 e. The van der Waals surface area contributed by atoms with E-state index < -0.39 is 6.10 Å². The van der Waals surface area contributed by atoms with E-state index in [-0.39, 0.29) is 23.4 Å². The molecule has 27 heavy (non-hydrogen) atoms. The number of hydrogen-bond donors (Lipinski definition) is 1. The minimum absolute atomic E-state index is 0.0619. The zero-order chi connectivity index (χ0) is 19.0. The number of halogens is 1. The summed E-state index contributed by atoms with van der Waals surface area (Å²) in [5, 5.41) is 10.1. The first-order chi connectivity index (χ1) is 13.0. The highest BCUT2D eigenvalue weighted by Crippen LogP contribution is 2.43. The van der Waals surface area contributed by atoms with Crippen LogP contribution in [0.2, 0.25) is 0 Å². The van der Waals surface area contributed by atoms with Gasteiger partial charge in [0, 0.05) is 24.8 Å². The van der Waals surface area contributed by atoms with Crippen LogP contribution in [-0.4, -0.2) is 47.3 Å². The number of carbonyl (C=O) groups excluding carboxylic acids is 1. The van der Waals surface area contributed by atoms with E-state index in [2.05, 4.69) is 0 Å². The number of fused-ring (bicyclic) bond motifs is 1. The SMILES string of the molecule is COC12CCC(O)CC1N(C(=O)c1ccc(-c3ccccc3F)cc1)CC2. The summed E-state index contributed by atoms with van der Waals surface area (Å²) in [6.07, 6.45) is 2.43. The third-order valence-corrected chi connectivity index (χ3v) is 6.14. The van der Waals surface area contributed by atoms with Gasteiger partial charge in [0.25, 0.3) is 5.91 Å². The molecule has 0 bridgehead atoms. The van der Waals surface area contributed by atoms with Crippen LogP contribution in [0.3, 0.4) is 0 Å². The van der Waals surface area contributed by atoms with Gasteiger partial charge in [0.2, 0.25) is 0 Å². The highest BCUT2D eigenvalue weighted by molar-refractivity contribution is 5.95. The van der Waals surface area contributed by atoms with Crippen LogP contribution in [0.15, 0.2) is 48.5 Å². The summed E-state index contributed by atoms with van der Waals surface area (Å²) in [5.74, 6) is -0.342. The number of amides is 1. The van der Waals surface area contributed by atoms with Crippen LogP contribution in [0.4, 0.5) is 4.39 Å². The Labute approximate surface area is 158 Å². The molecule has 1 N–H and O–H groups in total. The van der Waals surface area contributed by atoms with Crippen molar-refractivity contribution in [2.45, 2.75) is 43.4 Å². The van der Waals surface area contributed by atoms with Gasteiger partial charge in [-0.2, -0.15) is 0 Å². The van der Waals surface area contributed by atoms with Crippen molar-refractivity contribution in [1.29, 1.82) is 0 Å². The number of rotatable bonds is 3. The van der Waals surface area contributed by atoms with Gasteiger partial charge in [0.1, 0.15) is 5.82 Å². The van der Waals surface area contributed by atoms with E-state index in [9.17, 15) is 14.3 Å². The Balaban J connectivity index is 1.57. The molecule has 142 valence electrons. The topological polar surface area (TPSA) is 49.8 Å². The summed E-state index contributed by atoms with van der Waals surface area (Å²) < 4.78 is 19.8. The van der Waals surface area contributed by atoms with Gasteiger partial charge in [-0.05, 0) is 49.4 Å². The standard InChI is InChI=1S/C22H24FNO3/c1-27-22-11-10-17(25)14-20(22)24(13-12-22)21(26)16-8-6-15(7-9-16)18-4-2-3-5-19(18)23/h2-9,17,20,25H,10-14H2,1H3. The zero-order valence-electron chi connectivity index (χ0n) is 15.4. The Kier molecular flexibility index (Phi) is 4.74. The number of hydrogen-bond acceptors (Lipinski definition) is 3. The van der Waals surface area contributed by atoms with Gasteiger partial charge in [-0.3, -0.25) is 4.79 Å². The molecule has 1 heterocycles. The average molecular weight is 369 g/mol. The van der Waals surface area contributed by atoms with Crippen molar-refractivity contribution in [3.8, 4) is 11.1 Å². The lowest BCUT2D eigenvalue weighted by Gasteiger charge is -2.42. The molecule has 4 nitrogen and oxygen atoms in total. The quantitative estimate of drug-likeness (QED) is 0.899. The normalized spacial score (nSPS) is 27.4. The summed E-state index contributed by atoms with van der Waals surface area (Å²) >= 11 is 0. The maximum Gasteiger partial charge on any atom is 0.254 e. The van der Waals surface area contributed by atoms with Crippen LogP contribution >= 0.6 is 0 Å². The first-order valence-corrected chi connectivity index (χ1v) is 9.43. The number of aliphatic hydroxyl groups excluding tert-OH is 1. The molecule has 2 fully saturated rings. The molecule has 0 spiro atoms. The third kappa shape index (κ3) is 3.15. The number of nitrogens with zero attached hydrogens (tertiary/aromatic N) is 1. The molecule has 1 saturated carbocycles. The molecule has 5 heteroatoms. The molecule has 1 aliphatic carbocycles. The average Bonchev–Trinajstić information content (AvgIpc) is 3.07. The second kappa shape index (κ2) is 7.06. The van der Waals surface area contributed by atoms with Crippen LogP contribution in [0.5, 0.6) is 0 Å². The molecule has 2 aliphatic rings. The summed E-state index contributed by atoms with van der Waals surface area (Å²) in [4.78, 5) is 14.9. The van der Waals surface area contributed by atoms with E-state index in [1.165, 1.54) is 6.07 Å². The maximum atomic E-state index is 14.0. The third-order valence-electron chi connectivity index (χ3n) is 6.14. The Hall–Kier alpha value is -2.24. The lowest BCUT2D eigenvalue weighted by molar-refractivity contribution is -0.0824. The molecular formula is C22H24FNO3. The fourth-order valence-electron chi connectivity index (χ4n) is 4.57. The van der Waals surface area contributed by atoms with Crippen molar-refractivity contribution in [3.63, 3.8) is 0 Å². The molecule has 4 rings (SSSR count). The molecule has 3 atom stereocenters. The summed E-state index contributed by atoms with van der Waals surface area (Å²) in [5.41, 5.74) is 1.49. The van der Waals surface area contributed by atoms with Gasteiger partial charge in [0.15, 0.2) is 0 Å². The van der Waals surface area contributed by atoms with Gasteiger partial charge < -0.3 is 14.7 Å². The Morgan fingerprint density at radius 1 is 1.19 bits per heavy atom. The minimum atomic E-state index is -0.393. The highest BCUT2D eigenvalue weighted by atomic mass is 19.1. The van der Waals surface area contributed by atoms with Crippen LogP contribution in [0.25, 0.3) is 11.1 Å². The monoisotopic (exact) mass is 369 g/mol. The molecule has 2 aromatic carbocycles. The molecule has 0 radical (unpaired) electrons. The van der Waals surface area contributed by atoms with E-state index in [1.54, 1.807) is 49.6 Å². The number of aliphatic hydroxyl groups is 1. The Bertz CT molecular complexity index is 838. The van der Waals surface area contributed by atoms with E-state index in [1.807, 2.05) is 4.90 Å². The highest BCUT2D eigenvalue weighted by Gasteiger charge is 2.52. The number of likely N-dealkylation sites (tertiary alicyclic amines) is 1. The maximum absolute atomic E-state index is 14.0. The van der Waals surface area contributed by atoms with Crippen LogP contribution < -0.4 is 0 Å². The summed E-state index contributed by atoms with van der Waals surface area (Å²) in [6.45, 7) is 0.624. The van der Waals surface area contributed by atoms with Crippen LogP contribution in [-0.2, 0) is 4.74 Å². The minimum Gasteiger partial charge on any atom is -0.393 e. The molecule has 1 saturated heterocycles. The van der Waals surface area contributed by atoms with E-state index in [0.29, 0.717) is 30.5 Å². The largest absolute Gasteiger partial charge is 0.393 e. The summed E-state index contributed by atoms with van der Waals surface area (Å²) in [7, 11) is 1.70. The number of carbonyl (C=O) groups is 1. The number of methoxy groups -OCH3 is 1. The zero-order valence-corrected chi connectivity index (χ0v) is 15.4. The molecule has 1 aliphatic heterocycles. The molecule has 0 aromatic heterocycles. The van der Waals surface area contributed by atoms with Crippen LogP contribution in [0, 0.1) is 5.82 Å². The predicted molar refractivity (Wildman–Crippen MR) is 101 cm³/mol. The second-order valence-electron chi connectivity index (χ2n) is 7.52. The van der Waals surface area contributed by atoms with Crippen LogP contribution in [0.1, 0.15) is 36.0 Å². The Morgan fingerprint density at radius 2 is 1.93 bits per heavy atom. The van der Waals surface area contributed by atoms with Gasteiger partial charge in [-0.25, -0.2) is 4.39 Å². The Morgan fingerprint density at radius 3 is 2.63 bits per heavy atom. The van der Waals surface area contributed by atoms with Gasteiger partial charge in [-0.1, -0.05) is 30.3 Å². The number of benzene rings is 2. The fourth-order valence-corrected chi connectivity index (χ4v) is 4.57. The first-order valence-electron chi connectivity index (χ1n) is 9.43. The first kappa shape index (κ1) is 18.1. The van der Waals surface area contributed by atoms with E-state index >= 15 is 0 Å². The molecule has 1 amide bonds. The second-order valence-corrected chi connectivity index (χ2v) is 7.52. The van der Waals surface area contributed by atoms with Gasteiger partial charge >= 0.3 is 0 Å². The van der Waals surface area contributed by atoms with E-state index in [4.69, 9.17) is 4.74 Å². The fraction of sp³-hybridized carbons (Fsp3) is 0.409. The van der Waals surface area contributed by atoms with Crippen molar-refractivity contribution in [2.75, 3.05) is 13.7 Å². The number of ether oxygens (including phenoxy) is 1. The lowest BCUT2D eigenvalue weighted by atomic mass is 9.79. The summed E-state index contributed by atoms with van der Waals surface area (Å²) in [6, 6.07) is 13.5. The van der Waals surface area contributed by atoms with Gasteiger partial charge in [0.05, 0.1) is 17.7 Å². The van der Waals surface area contributed by atoms with Crippen molar-refractivity contribution < 1.29 is 19.0 Å². The van der Waals surface area contributed by atoms with Crippen molar-refractivity contribution in [1.82, 2.24) is 4.90 Å².